The van der Waals surface area contributed by atoms with Crippen molar-refractivity contribution in [3.63, 3.8) is 0 Å². The minimum atomic E-state index is -0.306. The van der Waals surface area contributed by atoms with Gasteiger partial charge in [-0.15, -0.1) is 0 Å². The predicted octanol–water partition coefficient (Wildman–Crippen LogP) is 6.43. The van der Waals surface area contributed by atoms with E-state index in [1.165, 1.54) is 12.1 Å². The van der Waals surface area contributed by atoms with Gasteiger partial charge in [-0.1, -0.05) is 29.8 Å². The molecular weight excluding hydrogens is 453 g/mol. The van der Waals surface area contributed by atoms with Crippen LogP contribution in [0.3, 0.4) is 0 Å². The molecule has 2 amide bonds. The average Bonchev–Trinajstić information content (AvgIpc) is 3.42. The zero-order valence-electron chi connectivity index (χ0n) is 19.0. The van der Waals surface area contributed by atoms with Crippen LogP contribution in [0.25, 0.3) is 0 Å². The highest BCUT2D eigenvalue weighted by atomic mass is 35.5. The van der Waals surface area contributed by atoms with E-state index in [-0.39, 0.29) is 17.9 Å². The molecular formula is C27H27ClFN3O2. The van der Waals surface area contributed by atoms with Gasteiger partial charge in [0.2, 0.25) is 0 Å². The first-order valence-corrected chi connectivity index (χ1v) is 11.9. The largest absolute Gasteiger partial charge is 0.457 e. The Balaban J connectivity index is 1.13. The average molecular weight is 480 g/mol. The van der Waals surface area contributed by atoms with E-state index in [1.807, 2.05) is 23.1 Å². The lowest BCUT2D eigenvalue weighted by Gasteiger charge is -2.27. The lowest BCUT2D eigenvalue weighted by molar-refractivity contribution is 0.202. The molecule has 0 bridgehead atoms. The number of benzene rings is 3. The van der Waals surface area contributed by atoms with Gasteiger partial charge >= 0.3 is 6.03 Å². The summed E-state index contributed by atoms with van der Waals surface area (Å²) in [5, 5.41) is 3.80. The zero-order chi connectivity index (χ0) is 23.7. The predicted molar refractivity (Wildman–Crippen MR) is 132 cm³/mol. The van der Waals surface area contributed by atoms with E-state index in [9.17, 15) is 9.18 Å². The number of fused-ring (bicyclic) bond motifs is 1. The monoisotopic (exact) mass is 479 g/mol. The molecule has 0 aliphatic carbocycles. The van der Waals surface area contributed by atoms with Crippen molar-refractivity contribution < 1.29 is 13.9 Å². The normalized spacial score (nSPS) is 20.7. The number of halogens is 2. The van der Waals surface area contributed by atoms with Crippen LogP contribution in [0.15, 0.2) is 72.8 Å². The summed E-state index contributed by atoms with van der Waals surface area (Å²) in [6, 6.07) is 21.2. The number of rotatable bonds is 5. The molecule has 2 saturated heterocycles. The Bertz CT molecular complexity index is 1140. The van der Waals surface area contributed by atoms with E-state index in [1.54, 1.807) is 36.4 Å². The van der Waals surface area contributed by atoms with Gasteiger partial charge in [-0.3, -0.25) is 4.90 Å². The molecule has 0 radical (unpaired) electrons. The first-order valence-electron chi connectivity index (χ1n) is 11.5. The van der Waals surface area contributed by atoms with Gasteiger partial charge < -0.3 is 15.0 Å². The molecule has 3 atom stereocenters. The fraction of sp³-hybridized carbons (Fsp3) is 0.296. The molecule has 7 heteroatoms. The third-order valence-electron chi connectivity index (χ3n) is 6.86. The molecule has 3 unspecified atom stereocenters. The van der Waals surface area contributed by atoms with Crippen LogP contribution in [0.1, 0.15) is 18.5 Å². The Kier molecular flexibility index (Phi) is 6.44. The van der Waals surface area contributed by atoms with Gasteiger partial charge in [0.15, 0.2) is 0 Å². The van der Waals surface area contributed by atoms with Crippen molar-refractivity contribution in [1.29, 1.82) is 0 Å². The molecule has 1 N–H and O–H groups in total. The molecule has 176 valence electrons. The highest BCUT2D eigenvalue weighted by Crippen LogP contribution is 2.37. The first-order chi connectivity index (χ1) is 16.5. The van der Waals surface area contributed by atoms with Crippen LogP contribution in [0.5, 0.6) is 11.5 Å². The smallest absolute Gasteiger partial charge is 0.321 e. The Morgan fingerprint density at radius 2 is 1.53 bits per heavy atom. The SMILES string of the molecule is CC(c1ccccc1Cl)N1CC2CN(C(=O)Nc3ccc(Oc4ccc(F)cc4)cc3)CC2C1. The van der Waals surface area contributed by atoms with Crippen molar-refractivity contribution in [2.45, 2.75) is 13.0 Å². The first kappa shape index (κ1) is 22.7. The number of carbonyl (C=O) groups excluding carboxylic acids is 1. The molecule has 34 heavy (non-hydrogen) atoms. The molecule has 2 heterocycles. The number of carbonyl (C=O) groups is 1. The van der Waals surface area contributed by atoms with E-state index >= 15 is 0 Å². The molecule has 0 spiro atoms. The third kappa shape index (κ3) is 4.88. The third-order valence-corrected chi connectivity index (χ3v) is 7.20. The second kappa shape index (κ2) is 9.65. The lowest BCUT2D eigenvalue weighted by atomic mass is 10.0. The summed E-state index contributed by atoms with van der Waals surface area (Å²) in [5.41, 5.74) is 1.87. The summed E-state index contributed by atoms with van der Waals surface area (Å²) in [4.78, 5) is 17.2. The summed E-state index contributed by atoms with van der Waals surface area (Å²) < 4.78 is 18.7. The minimum Gasteiger partial charge on any atom is -0.457 e. The molecule has 5 rings (SSSR count). The van der Waals surface area contributed by atoms with Crippen LogP contribution >= 0.6 is 11.6 Å². The standard InChI is InChI=1S/C27H27ClFN3O2/c1-18(25-4-2-3-5-26(25)28)31-14-19-16-32(17-20(19)15-31)27(33)30-22-8-12-24(13-9-22)34-23-10-6-21(29)7-11-23/h2-13,18-20H,14-17H2,1H3,(H,30,33). The zero-order valence-corrected chi connectivity index (χ0v) is 19.7. The topological polar surface area (TPSA) is 44.8 Å². The number of anilines is 1. The summed E-state index contributed by atoms with van der Waals surface area (Å²) in [6.45, 7) is 5.66. The number of nitrogens with zero attached hydrogens (tertiary/aromatic N) is 2. The summed E-state index contributed by atoms with van der Waals surface area (Å²) in [7, 11) is 0. The highest BCUT2D eigenvalue weighted by Gasteiger charge is 2.43. The van der Waals surface area contributed by atoms with Gasteiger partial charge in [0.25, 0.3) is 0 Å². The molecule has 0 saturated carbocycles. The van der Waals surface area contributed by atoms with E-state index in [4.69, 9.17) is 16.3 Å². The van der Waals surface area contributed by atoms with Crippen LogP contribution in [0.4, 0.5) is 14.9 Å². The minimum absolute atomic E-state index is 0.0766. The van der Waals surface area contributed by atoms with E-state index < -0.39 is 0 Å². The van der Waals surface area contributed by atoms with Crippen molar-refractivity contribution in [2.24, 2.45) is 11.8 Å². The van der Waals surface area contributed by atoms with Crippen molar-refractivity contribution >= 4 is 23.3 Å². The van der Waals surface area contributed by atoms with Crippen molar-refractivity contribution in [3.8, 4) is 11.5 Å². The Morgan fingerprint density at radius 1 is 0.941 bits per heavy atom. The number of hydrogen-bond donors (Lipinski definition) is 1. The number of hydrogen-bond acceptors (Lipinski definition) is 3. The molecule has 3 aromatic rings. The molecule has 0 aromatic heterocycles. The number of ether oxygens (including phenoxy) is 1. The lowest BCUT2D eigenvalue weighted by Crippen LogP contribution is -2.36. The number of urea groups is 1. The Labute approximate surface area is 204 Å². The number of nitrogens with one attached hydrogen (secondary N) is 1. The van der Waals surface area contributed by atoms with Gasteiger partial charge in [-0.25, -0.2) is 9.18 Å². The molecule has 5 nitrogen and oxygen atoms in total. The summed E-state index contributed by atoms with van der Waals surface area (Å²) >= 11 is 6.41. The quantitative estimate of drug-likeness (QED) is 0.458. The molecule has 2 fully saturated rings. The van der Waals surface area contributed by atoms with Gasteiger partial charge in [-0.2, -0.15) is 0 Å². The van der Waals surface area contributed by atoms with Crippen molar-refractivity contribution in [3.05, 3.63) is 89.2 Å². The van der Waals surface area contributed by atoms with Crippen LogP contribution in [-0.4, -0.2) is 42.0 Å². The maximum Gasteiger partial charge on any atom is 0.321 e. The maximum atomic E-state index is 13.0. The molecule has 2 aliphatic heterocycles. The van der Waals surface area contributed by atoms with E-state index in [0.29, 0.717) is 29.0 Å². The van der Waals surface area contributed by atoms with Crippen LogP contribution < -0.4 is 10.1 Å². The fourth-order valence-electron chi connectivity index (χ4n) is 4.97. The second-order valence-corrected chi connectivity index (χ2v) is 9.49. The van der Waals surface area contributed by atoms with Gasteiger partial charge in [0.1, 0.15) is 17.3 Å². The highest BCUT2D eigenvalue weighted by molar-refractivity contribution is 6.31. The van der Waals surface area contributed by atoms with Crippen LogP contribution in [-0.2, 0) is 0 Å². The molecule has 2 aliphatic rings. The van der Waals surface area contributed by atoms with Crippen LogP contribution in [0.2, 0.25) is 5.02 Å². The fourth-order valence-corrected chi connectivity index (χ4v) is 5.26. The van der Waals surface area contributed by atoms with Gasteiger partial charge in [0, 0.05) is 42.9 Å². The maximum absolute atomic E-state index is 13.0. The molecule has 3 aromatic carbocycles. The summed E-state index contributed by atoms with van der Waals surface area (Å²) in [6.07, 6.45) is 0. The number of likely N-dealkylation sites (tertiary alicyclic amines) is 2. The van der Waals surface area contributed by atoms with Crippen molar-refractivity contribution in [1.82, 2.24) is 9.80 Å². The Morgan fingerprint density at radius 3 is 2.15 bits per heavy atom. The van der Waals surface area contributed by atoms with E-state index in [2.05, 4.69) is 23.2 Å². The van der Waals surface area contributed by atoms with Crippen LogP contribution in [0, 0.1) is 17.7 Å². The Hall–Kier alpha value is -3.09. The van der Waals surface area contributed by atoms with Gasteiger partial charge in [-0.05, 0) is 78.9 Å². The van der Waals surface area contributed by atoms with Gasteiger partial charge in [0.05, 0.1) is 0 Å². The number of amides is 2. The second-order valence-electron chi connectivity index (χ2n) is 9.09. The van der Waals surface area contributed by atoms with Crippen molar-refractivity contribution in [2.75, 3.05) is 31.5 Å². The summed E-state index contributed by atoms with van der Waals surface area (Å²) in [5.74, 6) is 1.82. The van der Waals surface area contributed by atoms with E-state index in [0.717, 1.165) is 36.8 Å².